The van der Waals surface area contributed by atoms with Gasteiger partial charge in [-0.3, -0.25) is 4.98 Å². The van der Waals surface area contributed by atoms with Crippen LogP contribution >= 0.6 is 11.8 Å². The van der Waals surface area contributed by atoms with Crippen molar-refractivity contribution in [1.82, 2.24) is 14.5 Å². The summed E-state index contributed by atoms with van der Waals surface area (Å²) >= 11 is 1.43. The lowest BCUT2D eigenvalue weighted by atomic mass is 10.1. The Morgan fingerprint density at radius 2 is 2.04 bits per heavy atom. The molecule has 2 aromatic heterocycles. The standard InChI is InChI=1S/C20H21FN4O2S/c1-13(2)18-19(28-16-5-3-4-15(21)10-16)25(11-14-6-8-23-9-7-14)17(24-18)12-27-20(22)26/h3-10,13H,11-12H2,1-2H3,(H2,22,26). The van der Waals surface area contributed by atoms with E-state index in [2.05, 4.69) is 4.98 Å². The number of imidazole rings is 1. The summed E-state index contributed by atoms with van der Waals surface area (Å²) in [6.07, 6.45) is 2.58. The summed E-state index contributed by atoms with van der Waals surface area (Å²) in [7, 11) is 0. The van der Waals surface area contributed by atoms with Gasteiger partial charge in [0.05, 0.1) is 12.2 Å². The maximum absolute atomic E-state index is 13.7. The molecular weight excluding hydrogens is 379 g/mol. The number of carbonyl (C=O) groups is 1. The highest BCUT2D eigenvalue weighted by atomic mass is 32.2. The Balaban J connectivity index is 2.06. The smallest absolute Gasteiger partial charge is 0.404 e. The molecule has 28 heavy (non-hydrogen) atoms. The van der Waals surface area contributed by atoms with Crippen LogP contribution in [0.4, 0.5) is 9.18 Å². The molecule has 0 saturated heterocycles. The number of hydrogen-bond donors (Lipinski definition) is 1. The Kier molecular flexibility index (Phi) is 6.30. The van der Waals surface area contributed by atoms with E-state index in [-0.39, 0.29) is 18.3 Å². The number of carbonyl (C=O) groups excluding carboxylic acids is 1. The SMILES string of the molecule is CC(C)c1nc(COC(N)=O)n(Cc2ccncc2)c1Sc1cccc(F)c1. The monoisotopic (exact) mass is 400 g/mol. The molecule has 0 aliphatic rings. The number of halogens is 1. The molecule has 0 saturated carbocycles. The molecule has 2 heterocycles. The molecule has 0 fully saturated rings. The van der Waals surface area contributed by atoms with Crippen LogP contribution in [-0.4, -0.2) is 20.6 Å². The van der Waals surface area contributed by atoms with E-state index in [1.165, 1.54) is 23.9 Å². The minimum Gasteiger partial charge on any atom is -0.442 e. The Labute approximate surface area is 166 Å². The van der Waals surface area contributed by atoms with Crippen LogP contribution in [0.25, 0.3) is 0 Å². The van der Waals surface area contributed by atoms with Crippen molar-refractivity contribution in [3.05, 3.63) is 71.7 Å². The summed E-state index contributed by atoms with van der Waals surface area (Å²) in [5.41, 5.74) is 7.01. The number of hydrogen-bond acceptors (Lipinski definition) is 5. The third-order valence-electron chi connectivity index (χ3n) is 4.02. The largest absolute Gasteiger partial charge is 0.442 e. The van der Waals surface area contributed by atoms with Crippen LogP contribution in [0.2, 0.25) is 0 Å². The molecule has 3 aromatic rings. The number of primary amides is 1. The first kappa shape index (κ1) is 19.9. The number of nitrogens with zero attached hydrogens (tertiary/aromatic N) is 3. The second-order valence-corrected chi connectivity index (χ2v) is 7.54. The van der Waals surface area contributed by atoms with Crippen molar-refractivity contribution in [1.29, 1.82) is 0 Å². The zero-order valence-electron chi connectivity index (χ0n) is 15.6. The molecule has 0 radical (unpaired) electrons. The van der Waals surface area contributed by atoms with Crippen molar-refractivity contribution in [2.45, 2.75) is 42.8 Å². The highest BCUT2D eigenvalue weighted by Gasteiger charge is 2.21. The highest BCUT2D eigenvalue weighted by Crippen LogP contribution is 2.35. The normalized spacial score (nSPS) is 11.0. The summed E-state index contributed by atoms with van der Waals surface area (Å²) in [6.45, 7) is 4.54. The average Bonchev–Trinajstić information content (AvgIpc) is 2.98. The van der Waals surface area contributed by atoms with Gasteiger partial charge in [0.1, 0.15) is 16.7 Å². The molecule has 2 N–H and O–H groups in total. The molecular formula is C20H21FN4O2S. The summed E-state index contributed by atoms with van der Waals surface area (Å²) in [4.78, 5) is 20.6. The maximum Gasteiger partial charge on any atom is 0.404 e. The first-order valence-electron chi connectivity index (χ1n) is 8.78. The van der Waals surface area contributed by atoms with Gasteiger partial charge in [0.2, 0.25) is 0 Å². The molecule has 0 aliphatic carbocycles. The van der Waals surface area contributed by atoms with Crippen molar-refractivity contribution < 1.29 is 13.9 Å². The average molecular weight is 400 g/mol. The number of rotatable bonds is 7. The van der Waals surface area contributed by atoms with E-state index in [1.54, 1.807) is 18.5 Å². The van der Waals surface area contributed by atoms with Crippen LogP contribution in [0.1, 0.15) is 36.8 Å². The maximum atomic E-state index is 13.7. The van der Waals surface area contributed by atoms with Gasteiger partial charge in [0.25, 0.3) is 0 Å². The Morgan fingerprint density at radius 3 is 2.68 bits per heavy atom. The molecule has 0 bridgehead atoms. The second kappa shape index (κ2) is 8.88. The van der Waals surface area contributed by atoms with Crippen molar-refractivity contribution in [2.75, 3.05) is 0 Å². The van der Waals surface area contributed by atoms with Crippen LogP contribution in [0.3, 0.4) is 0 Å². The number of benzene rings is 1. The molecule has 0 unspecified atom stereocenters. The third kappa shape index (κ3) is 4.89. The topological polar surface area (TPSA) is 83.0 Å². The van der Waals surface area contributed by atoms with E-state index in [1.807, 2.05) is 36.6 Å². The quantitative estimate of drug-likeness (QED) is 0.638. The van der Waals surface area contributed by atoms with E-state index >= 15 is 0 Å². The molecule has 3 rings (SSSR count). The lowest BCUT2D eigenvalue weighted by molar-refractivity contribution is 0.145. The fourth-order valence-electron chi connectivity index (χ4n) is 2.71. The van der Waals surface area contributed by atoms with Crippen molar-refractivity contribution in [2.24, 2.45) is 5.73 Å². The third-order valence-corrected chi connectivity index (χ3v) is 5.13. The van der Waals surface area contributed by atoms with Gasteiger partial charge in [-0.15, -0.1) is 0 Å². The van der Waals surface area contributed by atoms with Gasteiger partial charge in [0.15, 0.2) is 6.61 Å². The van der Waals surface area contributed by atoms with Gasteiger partial charge in [-0.1, -0.05) is 31.7 Å². The molecule has 1 amide bonds. The van der Waals surface area contributed by atoms with E-state index in [9.17, 15) is 9.18 Å². The molecule has 1 aromatic carbocycles. The van der Waals surface area contributed by atoms with Crippen LogP contribution in [0.5, 0.6) is 0 Å². The van der Waals surface area contributed by atoms with E-state index in [4.69, 9.17) is 15.5 Å². The van der Waals surface area contributed by atoms with E-state index in [0.717, 1.165) is 21.2 Å². The lowest BCUT2D eigenvalue weighted by Gasteiger charge is -2.13. The van der Waals surface area contributed by atoms with Crippen LogP contribution in [0.15, 0.2) is 58.7 Å². The molecule has 8 heteroatoms. The van der Waals surface area contributed by atoms with E-state index in [0.29, 0.717) is 12.4 Å². The molecule has 0 aliphatic heterocycles. The highest BCUT2D eigenvalue weighted by molar-refractivity contribution is 7.99. The Hall–Kier alpha value is -2.87. The minimum atomic E-state index is -0.858. The predicted octanol–water partition coefficient (Wildman–Crippen LogP) is 4.34. The predicted molar refractivity (Wildman–Crippen MR) is 105 cm³/mol. The summed E-state index contributed by atoms with van der Waals surface area (Å²) in [5, 5.41) is 0.875. The fraction of sp³-hybridized carbons (Fsp3) is 0.250. The van der Waals surface area contributed by atoms with Crippen LogP contribution < -0.4 is 5.73 Å². The van der Waals surface area contributed by atoms with Gasteiger partial charge >= 0.3 is 6.09 Å². The minimum absolute atomic E-state index is 0.0378. The van der Waals surface area contributed by atoms with Gasteiger partial charge in [-0.2, -0.15) is 0 Å². The first-order valence-corrected chi connectivity index (χ1v) is 9.59. The molecule has 6 nitrogen and oxygen atoms in total. The van der Waals surface area contributed by atoms with Crippen molar-refractivity contribution in [3.63, 3.8) is 0 Å². The summed E-state index contributed by atoms with van der Waals surface area (Å²) in [6, 6.07) is 10.2. The number of ether oxygens (including phenoxy) is 1. The first-order chi connectivity index (χ1) is 13.4. The Bertz CT molecular complexity index is 960. The number of nitrogens with two attached hydrogens (primary N) is 1. The van der Waals surface area contributed by atoms with Gasteiger partial charge < -0.3 is 15.0 Å². The zero-order valence-corrected chi connectivity index (χ0v) is 16.4. The van der Waals surface area contributed by atoms with Gasteiger partial charge in [-0.05, 0) is 41.8 Å². The summed E-state index contributed by atoms with van der Waals surface area (Å²) in [5.74, 6) is 0.411. The molecule has 0 spiro atoms. The number of pyridine rings is 1. The Morgan fingerprint density at radius 1 is 1.29 bits per heavy atom. The van der Waals surface area contributed by atoms with E-state index < -0.39 is 6.09 Å². The van der Waals surface area contributed by atoms with Gasteiger partial charge in [-0.25, -0.2) is 14.2 Å². The van der Waals surface area contributed by atoms with Crippen molar-refractivity contribution in [3.8, 4) is 0 Å². The molecule has 0 atom stereocenters. The van der Waals surface area contributed by atoms with Gasteiger partial charge in [0, 0.05) is 17.3 Å². The van der Waals surface area contributed by atoms with Crippen LogP contribution in [-0.2, 0) is 17.9 Å². The second-order valence-electron chi connectivity index (χ2n) is 6.48. The number of aromatic nitrogens is 3. The molecule has 146 valence electrons. The van der Waals surface area contributed by atoms with Crippen molar-refractivity contribution >= 4 is 17.9 Å². The zero-order chi connectivity index (χ0) is 20.1. The fourth-order valence-corrected chi connectivity index (χ4v) is 3.92. The number of amides is 1. The van der Waals surface area contributed by atoms with Crippen LogP contribution in [0, 0.1) is 5.82 Å². The lowest BCUT2D eigenvalue weighted by Crippen LogP contribution is -2.15. The summed E-state index contributed by atoms with van der Waals surface area (Å²) < 4.78 is 20.7.